The number of hydrogen-bond acceptors (Lipinski definition) is 1. The summed E-state index contributed by atoms with van der Waals surface area (Å²) in [7, 11) is 0. The topological polar surface area (TPSA) is 9.23 Å². The van der Waals surface area contributed by atoms with E-state index in [0.717, 1.165) is 18.8 Å². The van der Waals surface area contributed by atoms with Crippen LogP contribution in [0.1, 0.15) is 71.1 Å². The van der Waals surface area contributed by atoms with E-state index in [4.69, 9.17) is 4.74 Å². The van der Waals surface area contributed by atoms with Crippen LogP contribution in [0.4, 0.5) is 0 Å². The Bertz CT molecular complexity index is 248. The molecule has 0 aromatic rings. The van der Waals surface area contributed by atoms with Crippen LogP contribution in [0, 0.1) is 0 Å². The number of ether oxygens (including phenoxy) is 1. The molecular weight excluding hydrogens is 387 g/mol. The number of hydrogen-bond donors (Lipinski definition) is 0. The van der Waals surface area contributed by atoms with Gasteiger partial charge in [-0.05, 0) is 19.4 Å². The maximum Gasteiger partial charge on any atom is 0.119 e. The highest BCUT2D eigenvalue weighted by atomic mass is 127. The smallest absolute Gasteiger partial charge is 0.119 e. The Morgan fingerprint density at radius 2 is 1.29 bits per heavy atom. The van der Waals surface area contributed by atoms with Crippen molar-refractivity contribution >= 4 is 27.4 Å². The Balaban J connectivity index is 3.04. The molecule has 0 heterocycles. The number of unbranched alkanes of at least 4 members (excludes halogenated alkanes) is 9. The average Bonchev–Trinajstić information content (AvgIpc) is 2.37. The predicted molar refractivity (Wildman–Crippen MR) is 108 cm³/mol. The Kier molecular flexibility index (Phi) is 14.7. The average molecular weight is 424 g/mol. The normalized spacial score (nSPS) is 11.8. The minimum absolute atomic E-state index is 0.733. The van der Waals surface area contributed by atoms with E-state index in [1.807, 2.05) is 6.92 Å². The number of halogens is 1. The molecule has 0 bridgehead atoms. The molecule has 0 saturated carbocycles. The standard InChI is InChI=1S/C18H37IOSi/c1-18(2)17-20-15-13-11-9-7-5-6-8-10-12-14-16-21(3,4)19/h1,5-17H2,2-4H3. The summed E-state index contributed by atoms with van der Waals surface area (Å²) < 4.78 is 5.50. The summed E-state index contributed by atoms with van der Waals surface area (Å²) in [6.45, 7) is 12.4. The first kappa shape index (κ1) is 21.6. The number of rotatable bonds is 15. The van der Waals surface area contributed by atoms with Crippen molar-refractivity contribution in [1.82, 2.24) is 0 Å². The van der Waals surface area contributed by atoms with E-state index in [1.54, 1.807) is 0 Å². The highest BCUT2D eigenvalue weighted by Gasteiger charge is 2.14. The maximum absolute atomic E-state index is 5.50. The van der Waals surface area contributed by atoms with Gasteiger partial charge in [0.1, 0.15) is 5.57 Å². The van der Waals surface area contributed by atoms with E-state index in [-0.39, 0.29) is 0 Å². The molecular formula is C18H37IOSi. The van der Waals surface area contributed by atoms with E-state index in [9.17, 15) is 0 Å². The molecule has 0 aliphatic carbocycles. The molecule has 0 aliphatic rings. The summed E-state index contributed by atoms with van der Waals surface area (Å²) in [4.78, 5) is 0. The molecule has 3 heteroatoms. The van der Waals surface area contributed by atoms with Crippen LogP contribution in [0.25, 0.3) is 0 Å². The van der Waals surface area contributed by atoms with Crippen LogP contribution < -0.4 is 0 Å². The molecule has 0 radical (unpaired) electrons. The van der Waals surface area contributed by atoms with Gasteiger partial charge >= 0.3 is 0 Å². The van der Waals surface area contributed by atoms with Gasteiger partial charge in [0, 0.05) is 6.61 Å². The molecule has 0 aliphatic heterocycles. The molecule has 0 amide bonds. The van der Waals surface area contributed by atoms with E-state index < -0.39 is 5.57 Å². The lowest BCUT2D eigenvalue weighted by atomic mass is 10.1. The fraction of sp³-hybridized carbons (Fsp3) is 0.889. The van der Waals surface area contributed by atoms with Gasteiger partial charge in [0.15, 0.2) is 0 Å². The molecule has 0 N–H and O–H groups in total. The Hall–Kier alpha value is 0.647. The van der Waals surface area contributed by atoms with Crippen molar-refractivity contribution in [3.05, 3.63) is 12.2 Å². The monoisotopic (exact) mass is 424 g/mol. The second-order valence-electron chi connectivity index (χ2n) is 7.01. The second kappa shape index (κ2) is 14.3. The maximum atomic E-state index is 5.50. The molecule has 0 rings (SSSR count). The minimum Gasteiger partial charge on any atom is -0.377 e. The van der Waals surface area contributed by atoms with Crippen molar-refractivity contribution < 1.29 is 4.74 Å². The lowest BCUT2D eigenvalue weighted by Crippen LogP contribution is -2.13. The van der Waals surface area contributed by atoms with Crippen LogP contribution in [0.3, 0.4) is 0 Å². The largest absolute Gasteiger partial charge is 0.377 e. The van der Waals surface area contributed by atoms with Crippen molar-refractivity contribution in [2.45, 2.75) is 90.3 Å². The Labute approximate surface area is 147 Å². The molecule has 0 aromatic heterocycles. The highest BCUT2D eigenvalue weighted by Crippen LogP contribution is 2.21. The lowest BCUT2D eigenvalue weighted by Gasteiger charge is -2.12. The first-order chi connectivity index (χ1) is 9.92. The third-order valence-corrected chi connectivity index (χ3v) is 6.82. The highest BCUT2D eigenvalue weighted by molar-refractivity contribution is 14.1. The molecule has 21 heavy (non-hydrogen) atoms. The molecule has 0 unspecified atom stereocenters. The van der Waals surface area contributed by atoms with Gasteiger partial charge in [-0.15, -0.1) is 21.8 Å². The quantitative estimate of drug-likeness (QED) is 0.0894. The summed E-state index contributed by atoms with van der Waals surface area (Å²) in [6.07, 6.45) is 14.0. The van der Waals surface area contributed by atoms with Crippen LogP contribution in [0.15, 0.2) is 12.2 Å². The van der Waals surface area contributed by atoms with Gasteiger partial charge in [-0.25, -0.2) is 0 Å². The van der Waals surface area contributed by atoms with Crippen molar-refractivity contribution in [3.8, 4) is 0 Å². The van der Waals surface area contributed by atoms with E-state index >= 15 is 0 Å². The van der Waals surface area contributed by atoms with Gasteiger partial charge < -0.3 is 4.74 Å². The van der Waals surface area contributed by atoms with Crippen LogP contribution in [-0.4, -0.2) is 18.8 Å². The van der Waals surface area contributed by atoms with Crippen LogP contribution in [0.2, 0.25) is 19.1 Å². The SMILES string of the molecule is C=C(C)COCCCCCCCCCCCC[Si](C)(C)I. The van der Waals surface area contributed by atoms with Crippen LogP contribution in [-0.2, 0) is 4.74 Å². The van der Waals surface area contributed by atoms with Crippen molar-refractivity contribution in [2.75, 3.05) is 13.2 Å². The third kappa shape index (κ3) is 20.6. The van der Waals surface area contributed by atoms with Crippen molar-refractivity contribution in [3.63, 3.8) is 0 Å². The summed E-state index contributed by atoms with van der Waals surface area (Å²) in [5.74, 6) is 0. The first-order valence-electron chi connectivity index (χ1n) is 8.83. The summed E-state index contributed by atoms with van der Waals surface area (Å²) in [5, 5.41) is 0. The molecule has 0 atom stereocenters. The van der Waals surface area contributed by atoms with Gasteiger partial charge in [-0.1, -0.05) is 83.0 Å². The molecule has 1 nitrogen and oxygen atoms in total. The Morgan fingerprint density at radius 1 is 0.857 bits per heavy atom. The zero-order valence-corrected chi connectivity index (χ0v) is 17.8. The zero-order chi connectivity index (χ0) is 16.0. The summed E-state index contributed by atoms with van der Waals surface area (Å²) in [5.41, 5.74) is 0.316. The van der Waals surface area contributed by atoms with E-state index in [0.29, 0.717) is 0 Å². The van der Waals surface area contributed by atoms with E-state index in [2.05, 4.69) is 41.5 Å². The third-order valence-electron chi connectivity index (χ3n) is 3.66. The van der Waals surface area contributed by atoms with E-state index in [1.165, 1.54) is 70.3 Å². The van der Waals surface area contributed by atoms with Crippen molar-refractivity contribution in [2.24, 2.45) is 0 Å². The van der Waals surface area contributed by atoms with Gasteiger partial charge in [0.2, 0.25) is 0 Å². The fourth-order valence-corrected chi connectivity index (χ4v) is 4.65. The molecule has 0 fully saturated rings. The van der Waals surface area contributed by atoms with Gasteiger partial charge in [-0.3, -0.25) is 0 Å². The lowest BCUT2D eigenvalue weighted by molar-refractivity contribution is 0.151. The zero-order valence-electron chi connectivity index (χ0n) is 14.7. The van der Waals surface area contributed by atoms with Crippen LogP contribution in [0.5, 0.6) is 0 Å². The second-order valence-corrected chi connectivity index (χ2v) is 19.7. The minimum atomic E-state index is -0.809. The van der Waals surface area contributed by atoms with Crippen molar-refractivity contribution in [1.29, 1.82) is 0 Å². The summed E-state index contributed by atoms with van der Waals surface area (Å²) >= 11 is 2.70. The predicted octanol–water partition coefficient (Wildman–Crippen LogP) is 7.12. The molecule has 126 valence electrons. The molecule has 0 aromatic carbocycles. The van der Waals surface area contributed by atoms with Crippen LogP contribution >= 0.6 is 21.8 Å². The summed E-state index contributed by atoms with van der Waals surface area (Å²) in [6, 6.07) is 1.50. The fourth-order valence-electron chi connectivity index (χ4n) is 2.41. The molecule has 0 saturated heterocycles. The Morgan fingerprint density at radius 3 is 1.71 bits per heavy atom. The van der Waals surface area contributed by atoms with Gasteiger partial charge in [0.05, 0.1) is 6.61 Å². The van der Waals surface area contributed by atoms with Gasteiger partial charge in [-0.2, -0.15) is 0 Å². The molecule has 0 spiro atoms. The van der Waals surface area contributed by atoms with Gasteiger partial charge in [0.25, 0.3) is 0 Å². The first-order valence-corrected chi connectivity index (χ1v) is 15.1.